The number of nitrogens with one attached hydrogen (secondary N) is 1. The van der Waals surface area contributed by atoms with E-state index in [0.29, 0.717) is 16.1 Å². The maximum Gasteiger partial charge on any atom is 0.272 e. The van der Waals surface area contributed by atoms with Gasteiger partial charge in [0.2, 0.25) is 0 Å². The Kier molecular flexibility index (Phi) is 3.98. The number of hydrogen-bond acceptors (Lipinski definition) is 4. The molecule has 5 nitrogen and oxygen atoms in total. The molecule has 3 aromatic rings. The summed E-state index contributed by atoms with van der Waals surface area (Å²) < 4.78 is 0. The Balaban J connectivity index is 1.83. The van der Waals surface area contributed by atoms with Crippen molar-refractivity contribution < 1.29 is 4.79 Å². The molecule has 1 unspecified atom stereocenters. The molecule has 0 aliphatic carbocycles. The van der Waals surface area contributed by atoms with Crippen LogP contribution in [0.15, 0.2) is 48.8 Å². The van der Waals surface area contributed by atoms with Crippen molar-refractivity contribution in [2.75, 3.05) is 0 Å². The zero-order chi connectivity index (χ0) is 15.5. The first-order valence-corrected chi connectivity index (χ1v) is 7.16. The van der Waals surface area contributed by atoms with Crippen molar-refractivity contribution in [3.63, 3.8) is 0 Å². The van der Waals surface area contributed by atoms with Crippen LogP contribution in [0.4, 0.5) is 0 Å². The predicted molar refractivity (Wildman–Crippen MR) is 84.7 cm³/mol. The van der Waals surface area contributed by atoms with Gasteiger partial charge in [0.05, 0.1) is 28.5 Å². The van der Waals surface area contributed by atoms with Gasteiger partial charge in [-0.2, -0.15) is 0 Å². The molecule has 1 N–H and O–H groups in total. The summed E-state index contributed by atoms with van der Waals surface area (Å²) in [7, 11) is 0. The standard InChI is InChI=1S/C16H13ClN4O/c1-10(12-6-2-3-8-18-12)20-16(22)14-9-19-15-11(17)5-4-7-13(15)21-14/h2-10H,1H3,(H,20,22). The minimum absolute atomic E-state index is 0.217. The smallest absolute Gasteiger partial charge is 0.272 e. The molecule has 0 aliphatic heterocycles. The molecule has 6 heteroatoms. The molecule has 0 aliphatic rings. The lowest BCUT2D eigenvalue weighted by molar-refractivity contribution is 0.0934. The number of nitrogens with zero attached hydrogens (tertiary/aromatic N) is 3. The molecule has 3 rings (SSSR count). The molecule has 0 spiro atoms. The molecule has 0 saturated carbocycles. The maximum absolute atomic E-state index is 12.3. The average Bonchev–Trinajstić information content (AvgIpc) is 2.55. The van der Waals surface area contributed by atoms with Gasteiger partial charge in [-0.25, -0.2) is 4.98 Å². The number of para-hydroxylation sites is 1. The van der Waals surface area contributed by atoms with Gasteiger partial charge in [0.1, 0.15) is 11.2 Å². The highest BCUT2D eigenvalue weighted by Crippen LogP contribution is 2.19. The maximum atomic E-state index is 12.3. The van der Waals surface area contributed by atoms with Crippen LogP contribution in [-0.2, 0) is 0 Å². The van der Waals surface area contributed by atoms with E-state index in [1.165, 1.54) is 6.20 Å². The van der Waals surface area contributed by atoms with Gasteiger partial charge in [-0.15, -0.1) is 0 Å². The number of amides is 1. The number of benzene rings is 1. The van der Waals surface area contributed by atoms with E-state index in [9.17, 15) is 4.79 Å². The summed E-state index contributed by atoms with van der Waals surface area (Å²) in [5, 5.41) is 3.37. The van der Waals surface area contributed by atoms with Crippen molar-refractivity contribution in [3.8, 4) is 0 Å². The first-order chi connectivity index (χ1) is 10.6. The van der Waals surface area contributed by atoms with Gasteiger partial charge in [0.15, 0.2) is 0 Å². The van der Waals surface area contributed by atoms with E-state index in [4.69, 9.17) is 11.6 Å². The van der Waals surface area contributed by atoms with Crippen molar-refractivity contribution in [1.29, 1.82) is 0 Å². The van der Waals surface area contributed by atoms with Crippen molar-refractivity contribution in [2.45, 2.75) is 13.0 Å². The summed E-state index contributed by atoms with van der Waals surface area (Å²) >= 11 is 6.04. The Hall–Kier alpha value is -2.53. The first-order valence-electron chi connectivity index (χ1n) is 6.78. The fraction of sp³-hybridized carbons (Fsp3) is 0.125. The van der Waals surface area contributed by atoms with Gasteiger partial charge in [-0.05, 0) is 31.2 Å². The van der Waals surface area contributed by atoms with Crippen LogP contribution in [0, 0.1) is 0 Å². The minimum atomic E-state index is -0.299. The SMILES string of the molecule is CC(NC(=O)c1cnc2c(Cl)cccc2n1)c1ccccn1. The number of pyridine rings is 1. The molecule has 110 valence electrons. The van der Waals surface area contributed by atoms with Crippen LogP contribution >= 0.6 is 11.6 Å². The number of hydrogen-bond donors (Lipinski definition) is 1. The van der Waals surface area contributed by atoms with Crippen LogP contribution < -0.4 is 5.32 Å². The quantitative estimate of drug-likeness (QED) is 0.806. The number of halogens is 1. The third-order valence-electron chi connectivity index (χ3n) is 3.23. The zero-order valence-electron chi connectivity index (χ0n) is 11.8. The lowest BCUT2D eigenvalue weighted by Crippen LogP contribution is -2.28. The fourth-order valence-corrected chi connectivity index (χ4v) is 2.31. The van der Waals surface area contributed by atoms with Crippen LogP contribution in [0.3, 0.4) is 0 Å². The number of aromatic nitrogens is 3. The predicted octanol–water partition coefficient (Wildman–Crippen LogP) is 3.17. The highest BCUT2D eigenvalue weighted by Gasteiger charge is 2.14. The summed E-state index contributed by atoms with van der Waals surface area (Å²) in [6, 6.07) is 10.6. The minimum Gasteiger partial charge on any atom is -0.343 e. The van der Waals surface area contributed by atoms with Crippen LogP contribution in [0.2, 0.25) is 5.02 Å². The molecular formula is C16H13ClN4O. The van der Waals surface area contributed by atoms with E-state index in [-0.39, 0.29) is 17.6 Å². The molecule has 1 amide bonds. The summed E-state index contributed by atoms with van der Waals surface area (Å²) in [4.78, 5) is 25.0. The first kappa shape index (κ1) is 14.4. The molecule has 0 fully saturated rings. The van der Waals surface area contributed by atoms with Gasteiger partial charge in [-0.3, -0.25) is 14.8 Å². The Morgan fingerprint density at radius 1 is 1.18 bits per heavy atom. The van der Waals surface area contributed by atoms with Gasteiger partial charge < -0.3 is 5.32 Å². The highest BCUT2D eigenvalue weighted by atomic mass is 35.5. The summed E-state index contributed by atoms with van der Waals surface area (Å²) in [5.41, 5.74) is 2.20. The Morgan fingerprint density at radius 3 is 2.82 bits per heavy atom. The van der Waals surface area contributed by atoms with Crippen molar-refractivity contribution >= 4 is 28.5 Å². The average molecular weight is 313 g/mol. The summed E-state index contributed by atoms with van der Waals surface area (Å²) in [5.74, 6) is -0.299. The molecule has 0 saturated heterocycles. The molecule has 0 radical (unpaired) electrons. The summed E-state index contributed by atoms with van der Waals surface area (Å²) in [6.45, 7) is 1.87. The number of fused-ring (bicyclic) bond motifs is 1. The second kappa shape index (κ2) is 6.07. The summed E-state index contributed by atoms with van der Waals surface area (Å²) in [6.07, 6.45) is 3.12. The van der Waals surface area contributed by atoms with E-state index in [1.807, 2.05) is 25.1 Å². The third-order valence-corrected chi connectivity index (χ3v) is 3.54. The molecule has 2 aromatic heterocycles. The van der Waals surface area contributed by atoms with Gasteiger partial charge in [0, 0.05) is 6.20 Å². The van der Waals surface area contributed by atoms with Crippen LogP contribution in [-0.4, -0.2) is 20.9 Å². The molecule has 1 aromatic carbocycles. The monoisotopic (exact) mass is 312 g/mol. The normalized spacial score (nSPS) is 12.1. The fourth-order valence-electron chi connectivity index (χ4n) is 2.09. The molecular weight excluding hydrogens is 300 g/mol. The lowest BCUT2D eigenvalue weighted by atomic mass is 10.2. The molecule has 0 bridgehead atoms. The van der Waals surface area contributed by atoms with Crippen molar-refractivity contribution in [3.05, 3.63) is 65.2 Å². The Labute approximate surface area is 132 Å². The lowest BCUT2D eigenvalue weighted by Gasteiger charge is -2.13. The topological polar surface area (TPSA) is 67.8 Å². The third kappa shape index (κ3) is 2.89. The van der Waals surface area contributed by atoms with Crippen molar-refractivity contribution in [2.24, 2.45) is 0 Å². The zero-order valence-corrected chi connectivity index (χ0v) is 12.6. The number of rotatable bonds is 3. The van der Waals surface area contributed by atoms with Gasteiger partial charge in [0.25, 0.3) is 5.91 Å². The van der Waals surface area contributed by atoms with Crippen LogP contribution in [0.1, 0.15) is 29.1 Å². The van der Waals surface area contributed by atoms with E-state index in [2.05, 4.69) is 20.3 Å². The second-order valence-electron chi connectivity index (χ2n) is 4.81. The second-order valence-corrected chi connectivity index (χ2v) is 5.22. The largest absolute Gasteiger partial charge is 0.343 e. The van der Waals surface area contributed by atoms with Gasteiger partial charge >= 0.3 is 0 Å². The number of carbonyl (C=O) groups is 1. The van der Waals surface area contributed by atoms with E-state index in [1.54, 1.807) is 24.4 Å². The van der Waals surface area contributed by atoms with Crippen molar-refractivity contribution in [1.82, 2.24) is 20.3 Å². The highest BCUT2D eigenvalue weighted by molar-refractivity contribution is 6.34. The molecule has 2 heterocycles. The molecule has 1 atom stereocenters. The van der Waals surface area contributed by atoms with Crippen LogP contribution in [0.25, 0.3) is 11.0 Å². The Morgan fingerprint density at radius 2 is 2.05 bits per heavy atom. The van der Waals surface area contributed by atoms with E-state index >= 15 is 0 Å². The number of carbonyl (C=O) groups excluding carboxylic acids is 1. The van der Waals surface area contributed by atoms with E-state index < -0.39 is 0 Å². The molecule has 22 heavy (non-hydrogen) atoms. The Bertz CT molecular complexity index is 823. The van der Waals surface area contributed by atoms with E-state index in [0.717, 1.165) is 5.69 Å². The van der Waals surface area contributed by atoms with Gasteiger partial charge in [-0.1, -0.05) is 23.7 Å². The van der Waals surface area contributed by atoms with Crippen LogP contribution in [0.5, 0.6) is 0 Å².